The lowest BCUT2D eigenvalue weighted by Gasteiger charge is -2.09. The summed E-state index contributed by atoms with van der Waals surface area (Å²) >= 11 is 0. The Labute approximate surface area is 129 Å². The molecule has 0 aliphatic carbocycles. The van der Waals surface area contributed by atoms with Crippen LogP contribution in [0.15, 0.2) is 66.9 Å². The number of halogens is 1. The van der Waals surface area contributed by atoms with Gasteiger partial charge in [0.25, 0.3) is 0 Å². The first kappa shape index (κ1) is 14.3. The summed E-state index contributed by atoms with van der Waals surface area (Å²) in [5.74, 6) is 0.351. The molecule has 2 aromatic carbocycles. The molecule has 1 aromatic heterocycles. The van der Waals surface area contributed by atoms with E-state index in [4.69, 9.17) is 4.74 Å². The highest BCUT2D eigenvalue weighted by atomic mass is 19.1. The predicted molar refractivity (Wildman–Crippen MR) is 85.1 cm³/mol. The fraction of sp³-hybridized carbons (Fsp3) is 0.105. The van der Waals surface area contributed by atoms with Gasteiger partial charge in [0.1, 0.15) is 12.4 Å². The monoisotopic (exact) mass is 293 g/mol. The fourth-order valence-corrected chi connectivity index (χ4v) is 2.22. The van der Waals surface area contributed by atoms with Crippen LogP contribution < -0.4 is 4.74 Å². The lowest BCUT2D eigenvalue weighted by molar-refractivity contribution is 0.306. The zero-order chi connectivity index (χ0) is 15.4. The number of ether oxygens (including phenoxy) is 1. The number of hydrogen-bond donors (Lipinski definition) is 0. The molecule has 0 amide bonds. The molecule has 0 N–H and O–H groups in total. The molecule has 3 heteroatoms. The van der Waals surface area contributed by atoms with Crippen molar-refractivity contribution in [3.05, 3.63) is 83.9 Å². The van der Waals surface area contributed by atoms with Gasteiger partial charge in [-0.1, -0.05) is 42.5 Å². The topological polar surface area (TPSA) is 22.1 Å². The summed E-state index contributed by atoms with van der Waals surface area (Å²) in [4.78, 5) is 3.77. The number of aryl methyl sites for hydroxylation is 1. The van der Waals surface area contributed by atoms with Crippen LogP contribution in [0.1, 0.15) is 11.1 Å². The first-order valence-electron chi connectivity index (χ1n) is 7.12. The zero-order valence-electron chi connectivity index (χ0n) is 12.3. The van der Waals surface area contributed by atoms with Gasteiger partial charge in [-0.3, -0.25) is 0 Å². The molecule has 1 heterocycles. The fourth-order valence-electron chi connectivity index (χ4n) is 2.22. The van der Waals surface area contributed by atoms with Crippen molar-refractivity contribution in [3.63, 3.8) is 0 Å². The normalized spacial score (nSPS) is 10.5. The number of pyridine rings is 1. The van der Waals surface area contributed by atoms with Crippen LogP contribution in [-0.4, -0.2) is 4.98 Å². The summed E-state index contributed by atoms with van der Waals surface area (Å²) < 4.78 is 19.1. The van der Waals surface area contributed by atoms with E-state index in [1.54, 1.807) is 19.2 Å². The maximum atomic E-state index is 13.3. The quantitative estimate of drug-likeness (QED) is 0.646. The van der Waals surface area contributed by atoms with E-state index in [-0.39, 0.29) is 0 Å². The van der Waals surface area contributed by atoms with Crippen LogP contribution in [-0.2, 0) is 6.61 Å². The Hall–Kier alpha value is -2.68. The molecule has 2 nitrogen and oxygen atoms in total. The third kappa shape index (κ3) is 3.31. The lowest BCUT2D eigenvalue weighted by atomic mass is 10.1. The predicted octanol–water partition coefficient (Wildman–Crippen LogP) is 4.78. The van der Waals surface area contributed by atoms with Crippen LogP contribution in [0.2, 0.25) is 0 Å². The molecular weight excluding hydrogens is 277 g/mol. The van der Waals surface area contributed by atoms with Crippen molar-refractivity contribution < 1.29 is 9.13 Å². The van der Waals surface area contributed by atoms with E-state index in [0.717, 1.165) is 22.4 Å². The second kappa shape index (κ2) is 6.39. The molecule has 3 aromatic rings. The summed E-state index contributed by atoms with van der Waals surface area (Å²) in [6, 6.07) is 19.5. The molecule has 0 aliphatic heterocycles. The molecule has 3 rings (SSSR count). The van der Waals surface area contributed by atoms with E-state index in [2.05, 4.69) is 4.98 Å². The Bertz CT molecular complexity index is 771. The van der Waals surface area contributed by atoms with E-state index in [9.17, 15) is 4.39 Å². The summed E-state index contributed by atoms with van der Waals surface area (Å²) in [7, 11) is 0. The van der Waals surface area contributed by atoms with Crippen molar-refractivity contribution in [2.75, 3.05) is 0 Å². The minimum Gasteiger partial charge on any atom is -0.489 e. The lowest BCUT2D eigenvalue weighted by Crippen LogP contribution is -1.95. The number of aromatic nitrogens is 1. The van der Waals surface area contributed by atoms with E-state index in [1.165, 1.54) is 0 Å². The van der Waals surface area contributed by atoms with Crippen LogP contribution >= 0.6 is 0 Å². The minimum atomic E-state index is -0.430. The van der Waals surface area contributed by atoms with Crippen molar-refractivity contribution in [2.24, 2.45) is 0 Å². The second-order valence-electron chi connectivity index (χ2n) is 5.13. The largest absolute Gasteiger partial charge is 0.489 e. The molecule has 0 atom stereocenters. The van der Waals surface area contributed by atoms with E-state index in [1.807, 2.05) is 54.6 Å². The number of nitrogens with zero attached hydrogens (tertiary/aromatic N) is 1. The van der Waals surface area contributed by atoms with E-state index in [0.29, 0.717) is 12.2 Å². The summed E-state index contributed by atoms with van der Waals surface area (Å²) in [6.07, 6.45) is 1.54. The van der Waals surface area contributed by atoms with Gasteiger partial charge in [0.05, 0.1) is 0 Å². The van der Waals surface area contributed by atoms with Crippen molar-refractivity contribution in [3.8, 4) is 16.9 Å². The van der Waals surface area contributed by atoms with Crippen LogP contribution in [0.4, 0.5) is 4.39 Å². The van der Waals surface area contributed by atoms with Crippen LogP contribution in [0, 0.1) is 12.9 Å². The molecule has 0 bridgehead atoms. The highest BCUT2D eigenvalue weighted by Crippen LogP contribution is 2.25. The second-order valence-corrected chi connectivity index (χ2v) is 5.13. The Morgan fingerprint density at radius 3 is 2.55 bits per heavy atom. The summed E-state index contributed by atoms with van der Waals surface area (Å²) in [5.41, 5.74) is 3.49. The van der Waals surface area contributed by atoms with Gasteiger partial charge in [-0.05, 0) is 36.2 Å². The van der Waals surface area contributed by atoms with Crippen LogP contribution in [0.3, 0.4) is 0 Å². The Kier molecular flexibility index (Phi) is 4.15. The van der Waals surface area contributed by atoms with Crippen molar-refractivity contribution in [1.29, 1.82) is 0 Å². The SMILES string of the molecule is Cc1cc(-c2cccc(OCc3ccccc3)c2)cnc1F. The first-order valence-corrected chi connectivity index (χ1v) is 7.12. The number of hydrogen-bond acceptors (Lipinski definition) is 2. The average molecular weight is 293 g/mol. The Morgan fingerprint density at radius 2 is 1.77 bits per heavy atom. The molecule has 0 unspecified atom stereocenters. The van der Waals surface area contributed by atoms with Gasteiger partial charge in [0.15, 0.2) is 0 Å². The highest BCUT2D eigenvalue weighted by molar-refractivity contribution is 5.64. The van der Waals surface area contributed by atoms with Gasteiger partial charge in [-0.25, -0.2) is 4.98 Å². The summed E-state index contributed by atoms with van der Waals surface area (Å²) in [5, 5.41) is 0. The molecule has 22 heavy (non-hydrogen) atoms. The van der Waals surface area contributed by atoms with Gasteiger partial charge in [0.2, 0.25) is 5.95 Å². The van der Waals surface area contributed by atoms with Gasteiger partial charge in [-0.15, -0.1) is 0 Å². The van der Waals surface area contributed by atoms with Crippen molar-refractivity contribution in [2.45, 2.75) is 13.5 Å². The molecule has 110 valence electrons. The smallest absolute Gasteiger partial charge is 0.215 e. The van der Waals surface area contributed by atoms with Gasteiger partial charge < -0.3 is 4.74 Å². The number of rotatable bonds is 4. The molecule has 0 fully saturated rings. The average Bonchev–Trinajstić information content (AvgIpc) is 2.57. The van der Waals surface area contributed by atoms with Crippen LogP contribution in [0.25, 0.3) is 11.1 Å². The molecule has 0 radical (unpaired) electrons. The molecular formula is C19H16FNO. The maximum Gasteiger partial charge on any atom is 0.215 e. The van der Waals surface area contributed by atoms with Crippen LogP contribution in [0.5, 0.6) is 5.75 Å². The van der Waals surface area contributed by atoms with Gasteiger partial charge in [0, 0.05) is 17.3 Å². The molecule has 0 spiro atoms. The van der Waals surface area contributed by atoms with Crippen molar-refractivity contribution >= 4 is 0 Å². The summed E-state index contributed by atoms with van der Waals surface area (Å²) in [6.45, 7) is 2.23. The maximum absolute atomic E-state index is 13.3. The standard InChI is InChI=1S/C19H16FNO/c1-14-10-17(12-21-19(14)20)16-8-5-9-18(11-16)22-13-15-6-3-2-4-7-15/h2-12H,13H2,1H3. The zero-order valence-corrected chi connectivity index (χ0v) is 12.3. The van der Waals surface area contributed by atoms with E-state index < -0.39 is 5.95 Å². The third-order valence-electron chi connectivity index (χ3n) is 3.43. The Morgan fingerprint density at radius 1 is 0.955 bits per heavy atom. The molecule has 0 aliphatic rings. The highest BCUT2D eigenvalue weighted by Gasteiger charge is 2.04. The third-order valence-corrected chi connectivity index (χ3v) is 3.43. The van der Waals surface area contributed by atoms with Crippen molar-refractivity contribution in [1.82, 2.24) is 4.98 Å². The Balaban J connectivity index is 1.79. The number of benzene rings is 2. The molecule has 0 saturated carbocycles. The van der Waals surface area contributed by atoms with Gasteiger partial charge in [-0.2, -0.15) is 4.39 Å². The molecule has 0 saturated heterocycles. The van der Waals surface area contributed by atoms with E-state index >= 15 is 0 Å². The minimum absolute atomic E-state index is 0.430. The first-order chi connectivity index (χ1) is 10.7. The van der Waals surface area contributed by atoms with Gasteiger partial charge >= 0.3 is 0 Å².